The zero-order valence-electron chi connectivity index (χ0n) is 20.5. The van der Waals surface area contributed by atoms with E-state index in [2.05, 4.69) is 19.4 Å². The van der Waals surface area contributed by atoms with Crippen LogP contribution in [0.5, 0.6) is 11.5 Å². The molecule has 0 spiro atoms. The Labute approximate surface area is 215 Å². The van der Waals surface area contributed by atoms with Crippen LogP contribution in [0.25, 0.3) is 10.9 Å². The van der Waals surface area contributed by atoms with Crippen molar-refractivity contribution in [2.75, 3.05) is 26.2 Å². The summed E-state index contributed by atoms with van der Waals surface area (Å²) in [4.78, 5) is 20.0. The van der Waals surface area contributed by atoms with Gasteiger partial charge in [-0.1, -0.05) is 12.1 Å². The Bertz CT molecular complexity index is 1250. The van der Waals surface area contributed by atoms with Crippen molar-refractivity contribution in [1.82, 2.24) is 14.8 Å². The smallest absolute Gasteiger partial charge is 0.406 e. The van der Waals surface area contributed by atoms with Crippen molar-refractivity contribution in [2.24, 2.45) is 5.92 Å². The van der Waals surface area contributed by atoms with Crippen molar-refractivity contribution < 1.29 is 40.6 Å². The topological polar surface area (TPSA) is 57.8 Å². The van der Waals surface area contributed by atoms with Crippen LogP contribution >= 0.6 is 0 Å². The number of halogens is 6. The van der Waals surface area contributed by atoms with E-state index in [1.807, 2.05) is 6.92 Å². The molecule has 0 radical (unpaired) electrons. The maximum Gasteiger partial charge on any atom is 0.573 e. The van der Waals surface area contributed by atoms with Gasteiger partial charge in [0.05, 0.1) is 0 Å². The Hall–Kier alpha value is -3.41. The van der Waals surface area contributed by atoms with Crippen molar-refractivity contribution in [1.29, 1.82) is 0 Å². The fourth-order valence-corrected chi connectivity index (χ4v) is 4.69. The highest BCUT2D eigenvalue weighted by molar-refractivity contribution is 5.98. The Morgan fingerprint density at radius 1 is 0.974 bits per heavy atom. The lowest BCUT2D eigenvalue weighted by molar-refractivity contribution is -0.275. The number of alkyl halides is 6. The molecule has 2 aromatic carbocycles. The molecule has 12 heteroatoms. The van der Waals surface area contributed by atoms with Crippen LogP contribution in [-0.2, 0) is 6.54 Å². The normalized spacial score (nSPS) is 15.6. The molecular formula is C26H27F6N3O3. The third kappa shape index (κ3) is 7.56. The minimum atomic E-state index is -4.80. The molecule has 0 atom stereocenters. The second kappa shape index (κ2) is 11.1. The van der Waals surface area contributed by atoms with Crippen molar-refractivity contribution in [3.63, 3.8) is 0 Å². The van der Waals surface area contributed by atoms with Gasteiger partial charge in [-0.3, -0.25) is 9.69 Å². The van der Waals surface area contributed by atoms with Crippen LogP contribution in [0.4, 0.5) is 26.3 Å². The third-order valence-electron chi connectivity index (χ3n) is 6.45. The van der Waals surface area contributed by atoms with Gasteiger partial charge in [-0.2, -0.15) is 0 Å². The summed E-state index contributed by atoms with van der Waals surface area (Å²) in [5, 5.41) is 0.434. The van der Waals surface area contributed by atoms with Gasteiger partial charge in [0.2, 0.25) is 0 Å². The number of hydrogen-bond donors (Lipinski definition) is 1. The van der Waals surface area contributed by atoms with E-state index in [9.17, 15) is 31.1 Å². The van der Waals surface area contributed by atoms with Gasteiger partial charge in [0, 0.05) is 30.5 Å². The highest BCUT2D eigenvalue weighted by Gasteiger charge is 2.32. The standard InChI is InChI=1S/C26H27F6N3O3/c1-2-35(24(36)23-14-19-13-21(38-26(30,31)32)6-7-22(19)33-23)16-17-8-10-34(11-9-17)15-18-4-3-5-20(12-18)37-25(27,28)29/h3-7,12-14,17,33H,2,8-11,15-16H2,1H3. The van der Waals surface area contributed by atoms with Crippen LogP contribution in [0.15, 0.2) is 48.5 Å². The molecule has 1 N–H and O–H groups in total. The first-order chi connectivity index (χ1) is 17.9. The summed E-state index contributed by atoms with van der Waals surface area (Å²) in [7, 11) is 0. The van der Waals surface area contributed by atoms with E-state index in [0.29, 0.717) is 30.5 Å². The van der Waals surface area contributed by atoms with Crippen LogP contribution < -0.4 is 9.47 Å². The number of amides is 1. The van der Waals surface area contributed by atoms with Crippen LogP contribution in [0.1, 0.15) is 35.8 Å². The van der Waals surface area contributed by atoms with Crippen LogP contribution in [0.2, 0.25) is 0 Å². The largest absolute Gasteiger partial charge is 0.573 e. The lowest BCUT2D eigenvalue weighted by atomic mass is 9.95. The average Bonchev–Trinajstić information content (AvgIpc) is 3.25. The van der Waals surface area contributed by atoms with E-state index in [-0.39, 0.29) is 29.0 Å². The van der Waals surface area contributed by atoms with Crippen LogP contribution in [0.3, 0.4) is 0 Å². The molecule has 1 aliphatic heterocycles. The molecule has 1 amide bonds. The predicted molar refractivity (Wildman–Crippen MR) is 128 cm³/mol. The number of nitrogens with one attached hydrogen (secondary N) is 1. The molecule has 1 fully saturated rings. The Kier molecular flexibility index (Phi) is 8.10. The number of fused-ring (bicyclic) bond motifs is 1. The van der Waals surface area contributed by atoms with Crippen molar-refractivity contribution >= 4 is 16.8 Å². The van der Waals surface area contributed by atoms with Gasteiger partial charge in [0.15, 0.2) is 0 Å². The molecule has 38 heavy (non-hydrogen) atoms. The molecule has 1 aromatic heterocycles. The van der Waals surface area contributed by atoms with Crippen LogP contribution in [0, 0.1) is 5.92 Å². The average molecular weight is 544 g/mol. The van der Waals surface area contributed by atoms with Crippen molar-refractivity contribution in [3.8, 4) is 11.5 Å². The van der Waals surface area contributed by atoms with Gasteiger partial charge < -0.3 is 19.4 Å². The summed E-state index contributed by atoms with van der Waals surface area (Å²) >= 11 is 0. The third-order valence-corrected chi connectivity index (χ3v) is 6.45. The predicted octanol–water partition coefficient (Wildman–Crippen LogP) is 6.34. The molecule has 4 rings (SSSR count). The number of carbonyl (C=O) groups excluding carboxylic acids is 1. The molecule has 1 aliphatic rings. The van der Waals surface area contributed by atoms with Gasteiger partial charge in [-0.25, -0.2) is 0 Å². The van der Waals surface area contributed by atoms with Gasteiger partial charge in [-0.05, 0) is 80.7 Å². The minimum Gasteiger partial charge on any atom is -0.406 e. The number of ether oxygens (including phenoxy) is 2. The van der Waals surface area contributed by atoms with E-state index in [0.717, 1.165) is 31.5 Å². The van der Waals surface area contributed by atoms with Crippen molar-refractivity contribution in [2.45, 2.75) is 39.0 Å². The Morgan fingerprint density at radius 3 is 2.26 bits per heavy atom. The number of nitrogens with zero attached hydrogens (tertiary/aromatic N) is 2. The first kappa shape index (κ1) is 27.6. The van der Waals surface area contributed by atoms with E-state index >= 15 is 0 Å². The summed E-state index contributed by atoms with van der Waals surface area (Å²) in [5.41, 5.74) is 1.53. The fraction of sp³-hybridized carbons (Fsp3) is 0.423. The number of H-pyrrole nitrogens is 1. The van der Waals surface area contributed by atoms with Crippen LogP contribution in [-0.4, -0.2) is 59.6 Å². The van der Waals surface area contributed by atoms with E-state index in [4.69, 9.17) is 0 Å². The molecule has 2 heterocycles. The number of aromatic amines is 1. The fourth-order valence-electron chi connectivity index (χ4n) is 4.69. The maximum atomic E-state index is 13.2. The monoisotopic (exact) mass is 543 g/mol. The van der Waals surface area contributed by atoms with Gasteiger partial charge in [0.1, 0.15) is 17.2 Å². The van der Waals surface area contributed by atoms with Crippen molar-refractivity contribution in [3.05, 3.63) is 59.8 Å². The Balaban J connectivity index is 1.32. The Morgan fingerprint density at radius 2 is 1.63 bits per heavy atom. The number of hydrogen-bond acceptors (Lipinski definition) is 4. The SMILES string of the molecule is CCN(CC1CCN(Cc2cccc(OC(F)(F)F)c2)CC1)C(=O)c1cc2cc(OC(F)(F)F)ccc2[nH]1. The number of likely N-dealkylation sites (tertiary alicyclic amines) is 1. The molecular weight excluding hydrogens is 516 g/mol. The zero-order chi connectivity index (χ0) is 27.5. The second-order valence-electron chi connectivity index (χ2n) is 9.24. The summed E-state index contributed by atoms with van der Waals surface area (Å²) in [6.07, 6.45) is -7.92. The molecule has 0 saturated carbocycles. The van der Waals surface area contributed by atoms with Gasteiger partial charge >= 0.3 is 12.7 Å². The number of piperidine rings is 1. The lowest BCUT2D eigenvalue weighted by Gasteiger charge is -2.34. The van der Waals surface area contributed by atoms with E-state index in [1.54, 1.807) is 11.0 Å². The first-order valence-electron chi connectivity index (χ1n) is 12.1. The van der Waals surface area contributed by atoms with Gasteiger partial charge in [-0.15, -0.1) is 26.3 Å². The minimum absolute atomic E-state index is 0.242. The van der Waals surface area contributed by atoms with E-state index < -0.39 is 12.7 Å². The first-order valence-corrected chi connectivity index (χ1v) is 12.1. The quantitative estimate of drug-likeness (QED) is 0.337. The molecule has 0 unspecified atom stereocenters. The summed E-state index contributed by atoms with van der Waals surface area (Å²) in [5.74, 6) is -0.609. The van der Waals surface area contributed by atoms with E-state index in [1.165, 1.54) is 42.5 Å². The number of carbonyl (C=O) groups is 1. The number of benzene rings is 2. The lowest BCUT2D eigenvalue weighted by Crippen LogP contribution is -2.40. The summed E-state index contributed by atoms with van der Waals surface area (Å²) < 4.78 is 83.0. The number of rotatable bonds is 8. The molecule has 3 aromatic rings. The summed E-state index contributed by atoms with van der Waals surface area (Å²) in [6, 6.07) is 11.3. The molecule has 0 bridgehead atoms. The summed E-state index contributed by atoms with van der Waals surface area (Å²) in [6.45, 7) is 4.80. The zero-order valence-corrected chi connectivity index (χ0v) is 20.5. The molecule has 1 saturated heterocycles. The van der Waals surface area contributed by atoms with Gasteiger partial charge in [0.25, 0.3) is 5.91 Å². The second-order valence-corrected chi connectivity index (χ2v) is 9.24. The molecule has 206 valence electrons. The highest BCUT2D eigenvalue weighted by atomic mass is 19.4. The maximum absolute atomic E-state index is 13.2. The molecule has 6 nitrogen and oxygen atoms in total. The molecule has 0 aliphatic carbocycles. The number of aromatic nitrogens is 1. The highest BCUT2D eigenvalue weighted by Crippen LogP contribution is 2.28.